The van der Waals surface area contributed by atoms with Gasteiger partial charge >= 0.3 is 0 Å². The van der Waals surface area contributed by atoms with Crippen LogP contribution in [0, 0.1) is 6.92 Å². The number of carbonyl (C=O) groups excluding carboxylic acids is 2. The number of anilines is 2. The number of carbonyl (C=O) groups is 2. The molecule has 0 atom stereocenters. The number of hydrogen-bond acceptors (Lipinski definition) is 4. The lowest BCUT2D eigenvalue weighted by Gasteiger charge is -2.17. The van der Waals surface area contributed by atoms with Gasteiger partial charge in [0.25, 0.3) is 10.0 Å². The number of aryl methyl sites for hydroxylation is 1. The highest BCUT2D eigenvalue weighted by atomic mass is 35.5. The lowest BCUT2D eigenvalue weighted by Crippen LogP contribution is -2.29. The third-order valence-electron chi connectivity index (χ3n) is 3.87. The molecule has 2 aromatic rings. The zero-order chi connectivity index (χ0) is 18.2. The summed E-state index contributed by atoms with van der Waals surface area (Å²) in [5.74, 6) is -0.550. The Morgan fingerprint density at radius 2 is 1.60 bits per heavy atom. The van der Waals surface area contributed by atoms with Gasteiger partial charge in [0.2, 0.25) is 11.8 Å². The van der Waals surface area contributed by atoms with E-state index in [1.807, 2.05) is 0 Å². The van der Waals surface area contributed by atoms with Gasteiger partial charge in [-0.05, 0) is 55.0 Å². The molecule has 3 rings (SSSR count). The molecular weight excluding hydrogens is 364 g/mol. The number of halogens is 1. The van der Waals surface area contributed by atoms with Crippen molar-refractivity contribution in [1.29, 1.82) is 0 Å². The third kappa shape index (κ3) is 3.52. The first kappa shape index (κ1) is 17.4. The summed E-state index contributed by atoms with van der Waals surface area (Å²) < 4.78 is 27.5. The summed E-state index contributed by atoms with van der Waals surface area (Å²) in [7, 11) is -3.80. The topological polar surface area (TPSA) is 83.6 Å². The Kier molecular flexibility index (Phi) is 4.53. The summed E-state index contributed by atoms with van der Waals surface area (Å²) in [6.07, 6.45) is 0.354. The smallest absolute Gasteiger partial charge is 0.261 e. The predicted molar refractivity (Wildman–Crippen MR) is 95.2 cm³/mol. The number of imide groups is 1. The van der Waals surface area contributed by atoms with Crippen molar-refractivity contribution in [3.05, 3.63) is 53.1 Å². The van der Waals surface area contributed by atoms with Crippen LogP contribution >= 0.6 is 11.6 Å². The fourth-order valence-corrected chi connectivity index (χ4v) is 3.89. The Hall–Kier alpha value is -2.38. The summed E-state index contributed by atoms with van der Waals surface area (Å²) >= 11 is 5.79. The quantitative estimate of drug-likeness (QED) is 0.828. The molecule has 1 fully saturated rings. The number of nitrogens with one attached hydrogen (secondary N) is 1. The highest BCUT2D eigenvalue weighted by molar-refractivity contribution is 7.92. The minimum Gasteiger partial charge on any atom is -0.280 e. The van der Waals surface area contributed by atoms with Crippen molar-refractivity contribution in [3.8, 4) is 0 Å². The summed E-state index contributed by atoms with van der Waals surface area (Å²) in [5, 5.41) is 0.503. The van der Waals surface area contributed by atoms with Crippen LogP contribution in [0.15, 0.2) is 47.4 Å². The van der Waals surface area contributed by atoms with Gasteiger partial charge in [0.05, 0.1) is 10.6 Å². The molecule has 0 bridgehead atoms. The van der Waals surface area contributed by atoms with Crippen LogP contribution in [-0.2, 0) is 19.6 Å². The minimum atomic E-state index is -3.80. The van der Waals surface area contributed by atoms with Gasteiger partial charge in [-0.3, -0.25) is 19.2 Å². The van der Waals surface area contributed by atoms with Crippen molar-refractivity contribution >= 4 is 44.8 Å². The van der Waals surface area contributed by atoms with Gasteiger partial charge in [-0.2, -0.15) is 0 Å². The number of hydrogen-bond donors (Lipinski definition) is 1. The van der Waals surface area contributed by atoms with E-state index in [1.165, 1.54) is 18.2 Å². The largest absolute Gasteiger partial charge is 0.280 e. The van der Waals surface area contributed by atoms with E-state index in [0.29, 0.717) is 22.0 Å². The first-order valence-electron chi connectivity index (χ1n) is 7.53. The van der Waals surface area contributed by atoms with Gasteiger partial charge in [-0.15, -0.1) is 0 Å². The molecule has 130 valence electrons. The third-order valence-corrected chi connectivity index (χ3v) is 5.50. The molecule has 0 spiro atoms. The standard InChI is InChI=1S/C17H15ClN2O4S/c1-11-10-14(6-7-15(11)20-16(21)8-9-17(20)22)25(23,24)19-13-4-2-12(18)3-5-13/h2-7,10,19H,8-9H2,1H3. The average Bonchev–Trinajstić information content (AvgIpc) is 2.88. The van der Waals surface area contributed by atoms with Gasteiger partial charge < -0.3 is 0 Å². The zero-order valence-corrected chi connectivity index (χ0v) is 14.9. The van der Waals surface area contributed by atoms with Crippen LogP contribution in [0.25, 0.3) is 0 Å². The van der Waals surface area contributed by atoms with Crippen LogP contribution in [0.5, 0.6) is 0 Å². The molecule has 0 radical (unpaired) electrons. The molecule has 1 N–H and O–H groups in total. The zero-order valence-electron chi connectivity index (χ0n) is 13.3. The molecule has 8 heteroatoms. The van der Waals surface area contributed by atoms with Crippen molar-refractivity contribution in [2.24, 2.45) is 0 Å². The molecule has 0 saturated carbocycles. The van der Waals surface area contributed by atoms with Crippen LogP contribution in [0.4, 0.5) is 11.4 Å². The second-order valence-electron chi connectivity index (χ2n) is 5.68. The van der Waals surface area contributed by atoms with Crippen molar-refractivity contribution in [2.45, 2.75) is 24.7 Å². The SMILES string of the molecule is Cc1cc(S(=O)(=O)Nc2ccc(Cl)cc2)ccc1N1C(=O)CCC1=O. The molecule has 1 aliphatic heterocycles. The predicted octanol–water partition coefficient (Wildman–Crippen LogP) is 3.10. The molecule has 0 aliphatic carbocycles. The minimum absolute atomic E-state index is 0.0443. The van der Waals surface area contributed by atoms with Gasteiger partial charge in [0.1, 0.15) is 0 Å². The Morgan fingerprint density at radius 1 is 1.00 bits per heavy atom. The fourth-order valence-electron chi connectivity index (χ4n) is 2.62. The number of benzene rings is 2. The maximum Gasteiger partial charge on any atom is 0.261 e. The van der Waals surface area contributed by atoms with Crippen molar-refractivity contribution < 1.29 is 18.0 Å². The molecule has 1 heterocycles. The van der Waals surface area contributed by atoms with Crippen LogP contribution in [0.1, 0.15) is 18.4 Å². The first-order valence-corrected chi connectivity index (χ1v) is 9.39. The highest BCUT2D eigenvalue weighted by Gasteiger charge is 2.31. The van der Waals surface area contributed by atoms with E-state index in [-0.39, 0.29) is 29.6 Å². The second kappa shape index (κ2) is 6.50. The lowest BCUT2D eigenvalue weighted by atomic mass is 10.2. The fraction of sp³-hybridized carbons (Fsp3) is 0.176. The second-order valence-corrected chi connectivity index (χ2v) is 7.80. The van der Waals surface area contributed by atoms with E-state index in [2.05, 4.69) is 4.72 Å². The van der Waals surface area contributed by atoms with E-state index in [0.717, 1.165) is 4.90 Å². The summed E-state index contributed by atoms with van der Waals surface area (Å²) in [5.41, 5.74) is 1.33. The Bertz CT molecular complexity index is 939. The van der Waals surface area contributed by atoms with E-state index >= 15 is 0 Å². The molecule has 1 aliphatic rings. The molecule has 0 unspecified atom stereocenters. The molecule has 25 heavy (non-hydrogen) atoms. The number of rotatable bonds is 4. The lowest BCUT2D eigenvalue weighted by molar-refractivity contribution is -0.121. The average molecular weight is 379 g/mol. The van der Waals surface area contributed by atoms with E-state index in [1.54, 1.807) is 31.2 Å². The van der Waals surface area contributed by atoms with E-state index in [9.17, 15) is 18.0 Å². The first-order chi connectivity index (χ1) is 11.8. The molecular formula is C17H15ClN2O4S. The monoisotopic (exact) mass is 378 g/mol. The summed E-state index contributed by atoms with van der Waals surface area (Å²) in [6.45, 7) is 1.66. The molecule has 2 amide bonds. The number of sulfonamides is 1. The molecule has 6 nitrogen and oxygen atoms in total. The van der Waals surface area contributed by atoms with Crippen LogP contribution in [-0.4, -0.2) is 20.2 Å². The number of nitrogens with zero attached hydrogens (tertiary/aromatic N) is 1. The Morgan fingerprint density at radius 3 is 2.16 bits per heavy atom. The molecule has 2 aromatic carbocycles. The number of amides is 2. The van der Waals surface area contributed by atoms with E-state index in [4.69, 9.17) is 11.6 Å². The van der Waals surface area contributed by atoms with Crippen LogP contribution in [0.2, 0.25) is 5.02 Å². The van der Waals surface area contributed by atoms with Gasteiger partial charge in [0, 0.05) is 23.6 Å². The van der Waals surface area contributed by atoms with Crippen molar-refractivity contribution in [2.75, 3.05) is 9.62 Å². The van der Waals surface area contributed by atoms with Crippen molar-refractivity contribution in [3.63, 3.8) is 0 Å². The van der Waals surface area contributed by atoms with Crippen LogP contribution < -0.4 is 9.62 Å². The summed E-state index contributed by atoms with van der Waals surface area (Å²) in [6, 6.07) is 10.6. The van der Waals surface area contributed by atoms with Gasteiger partial charge in [0.15, 0.2) is 0 Å². The molecule has 0 aromatic heterocycles. The van der Waals surface area contributed by atoms with Gasteiger partial charge in [-0.1, -0.05) is 11.6 Å². The maximum absolute atomic E-state index is 12.5. The summed E-state index contributed by atoms with van der Waals surface area (Å²) in [4.78, 5) is 24.9. The van der Waals surface area contributed by atoms with Crippen molar-refractivity contribution in [1.82, 2.24) is 0 Å². The van der Waals surface area contributed by atoms with Crippen LogP contribution in [0.3, 0.4) is 0 Å². The Labute approximate surface area is 150 Å². The molecule has 1 saturated heterocycles. The van der Waals surface area contributed by atoms with E-state index < -0.39 is 10.0 Å². The highest BCUT2D eigenvalue weighted by Crippen LogP contribution is 2.28. The normalized spacial score (nSPS) is 14.9. The Balaban J connectivity index is 1.90. The maximum atomic E-state index is 12.5. The van der Waals surface area contributed by atoms with Gasteiger partial charge in [-0.25, -0.2) is 8.42 Å².